The summed E-state index contributed by atoms with van der Waals surface area (Å²) < 4.78 is 1.44. The Hall–Kier alpha value is -0.100. The minimum Gasteiger partial charge on any atom is -0.506 e. The van der Waals surface area contributed by atoms with Crippen LogP contribution in [0.2, 0.25) is 0 Å². The maximum Gasteiger partial charge on any atom is 0.143 e. The van der Waals surface area contributed by atoms with E-state index in [1.807, 2.05) is 12.1 Å². The van der Waals surface area contributed by atoms with E-state index in [1.165, 1.54) is 12.8 Å². The van der Waals surface area contributed by atoms with Crippen LogP contribution in [0, 0.1) is 5.92 Å². The molecule has 0 aliphatic rings. The third-order valence-electron chi connectivity index (χ3n) is 4.02. The number of hydrogen-bond acceptors (Lipinski definition) is 3. The van der Waals surface area contributed by atoms with Gasteiger partial charge in [-0.2, -0.15) is 0 Å². The van der Waals surface area contributed by atoms with Crippen molar-refractivity contribution in [3.63, 3.8) is 0 Å². The molecule has 0 radical (unpaired) electrons. The van der Waals surface area contributed by atoms with Gasteiger partial charge in [0.1, 0.15) is 5.75 Å². The van der Waals surface area contributed by atoms with E-state index in [9.17, 15) is 5.11 Å². The number of nitrogens with one attached hydrogen (secondary N) is 1. The van der Waals surface area contributed by atoms with E-state index in [4.69, 9.17) is 0 Å². The Morgan fingerprint density at radius 3 is 2.10 bits per heavy atom. The zero-order valence-electron chi connectivity index (χ0n) is 13.3. The van der Waals surface area contributed by atoms with Gasteiger partial charge >= 0.3 is 0 Å². The van der Waals surface area contributed by atoms with Gasteiger partial charge in [-0.3, -0.25) is 0 Å². The summed E-state index contributed by atoms with van der Waals surface area (Å²) in [5, 5.41) is 13.3. The smallest absolute Gasteiger partial charge is 0.143 e. The molecule has 3 nitrogen and oxygen atoms in total. The lowest BCUT2D eigenvalue weighted by molar-refractivity contribution is 0.194. The Labute approximate surface area is 145 Å². The first-order chi connectivity index (χ1) is 9.90. The minimum atomic E-state index is 0.252. The molecule has 1 atom stereocenters. The molecule has 0 spiro atoms. The highest BCUT2D eigenvalue weighted by Crippen LogP contribution is 2.33. The second-order valence-corrected chi connectivity index (χ2v) is 7.36. The SMILES string of the molecule is CCC(CC)C(CNCc1cc(Br)c(O)c(Br)c1)N(C)C. The van der Waals surface area contributed by atoms with Gasteiger partial charge in [0.15, 0.2) is 0 Å². The second kappa shape index (κ2) is 9.13. The first-order valence-electron chi connectivity index (χ1n) is 7.44. The van der Waals surface area contributed by atoms with Crippen molar-refractivity contribution in [1.29, 1.82) is 0 Å². The predicted octanol–water partition coefficient (Wildman–Crippen LogP) is 4.37. The Bertz CT molecular complexity index is 425. The molecule has 0 aromatic heterocycles. The highest BCUT2D eigenvalue weighted by Gasteiger charge is 2.20. The largest absolute Gasteiger partial charge is 0.506 e. The summed E-state index contributed by atoms with van der Waals surface area (Å²) in [6.07, 6.45) is 2.41. The van der Waals surface area contributed by atoms with E-state index < -0.39 is 0 Å². The third-order valence-corrected chi connectivity index (χ3v) is 5.22. The monoisotopic (exact) mass is 420 g/mol. The van der Waals surface area contributed by atoms with E-state index >= 15 is 0 Å². The molecular weight excluding hydrogens is 396 g/mol. The number of likely N-dealkylation sites (N-methyl/N-ethyl adjacent to an activating group) is 1. The molecule has 0 heterocycles. The Balaban J connectivity index is 2.62. The fraction of sp³-hybridized carbons (Fsp3) is 0.625. The van der Waals surface area contributed by atoms with Crippen molar-refractivity contribution in [2.75, 3.05) is 20.6 Å². The number of aromatic hydroxyl groups is 1. The predicted molar refractivity (Wildman–Crippen MR) is 96.8 cm³/mol. The van der Waals surface area contributed by atoms with Crippen LogP contribution in [0.4, 0.5) is 0 Å². The molecule has 0 saturated heterocycles. The summed E-state index contributed by atoms with van der Waals surface area (Å²) in [4.78, 5) is 2.31. The summed E-state index contributed by atoms with van der Waals surface area (Å²) in [5.41, 5.74) is 1.15. The van der Waals surface area contributed by atoms with E-state index in [0.717, 1.165) is 27.6 Å². The van der Waals surface area contributed by atoms with E-state index in [1.54, 1.807) is 0 Å². The fourth-order valence-electron chi connectivity index (χ4n) is 2.69. The van der Waals surface area contributed by atoms with Gasteiger partial charge in [0.25, 0.3) is 0 Å². The highest BCUT2D eigenvalue weighted by molar-refractivity contribution is 9.11. The normalized spacial score (nSPS) is 13.1. The Morgan fingerprint density at radius 1 is 1.14 bits per heavy atom. The summed E-state index contributed by atoms with van der Waals surface area (Å²) in [5.74, 6) is 0.965. The lowest BCUT2D eigenvalue weighted by atomic mass is 9.93. The third kappa shape index (κ3) is 5.55. The number of hydrogen-bond donors (Lipinski definition) is 2. The van der Waals surface area contributed by atoms with E-state index in [-0.39, 0.29) is 5.75 Å². The summed E-state index contributed by atoms with van der Waals surface area (Å²) in [7, 11) is 4.30. The summed E-state index contributed by atoms with van der Waals surface area (Å²) in [6.45, 7) is 6.29. The van der Waals surface area contributed by atoms with Crippen LogP contribution >= 0.6 is 31.9 Å². The molecule has 21 heavy (non-hydrogen) atoms. The van der Waals surface area contributed by atoms with Crippen LogP contribution in [0.5, 0.6) is 5.75 Å². The molecule has 120 valence electrons. The lowest BCUT2D eigenvalue weighted by Crippen LogP contribution is -2.42. The van der Waals surface area contributed by atoms with Crippen LogP contribution in [-0.4, -0.2) is 36.7 Å². The average Bonchev–Trinajstić information content (AvgIpc) is 2.43. The van der Waals surface area contributed by atoms with Crippen LogP contribution in [0.3, 0.4) is 0 Å². The molecule has 0 aliphatic carbocycles. The first-order valence-corrected chi connectivity index (χ1v) is 9.03. The molecule has 2 N–H and O–H groups in total. The van der Waals surface area contributed by atoms with Gasteiger partial charge < -0.3 is 15.3 Å². The van der Waals surface area contributed by atoms with Gasteiger partial charge in [-0.25, -0.2) is 0 Å². The van der Waals surface area contributed by atoms with Crippen molar-refractivity contribution >= 4 is 31.9 Å². The second-order valence-electron chi connectivity index (χ2n) is 5.65. The standard InChI is InChI=1S/C16H26Br2N2O/c1-5-12(6-2)15(20(3)4)10-19-9-11-7-13(17)16(21)14(18)8-11/h7-8,12,15,19,21H,5-6,9-10H2,1-4H3. The van der Waals surface area contributed by atoms with Crippen molar-refractivity contribution in [2.24, 2.45) is 5.92 Å². The summed E-state index contributed by atoms with van der Waals surface area (Å²) >= 11 is 6.74. The van der Waals surface area contributed by atoms with Gasteiger partial charge in [0.05, 0.1) is 8.95 Å². The van der Waals surface area contributed by atoms with E-state index in [2.05, 4.69) is 70.0 Å². The highest BCUT2D eigenvalue weighted by atomic mass is 79.9. The van der Waals surface area contributed by atoms with Crippen molar-refractivity contribution in [3.05, 3.63) is 26.6 Å². The quantitative estimate of drug-likeness (QED) is 0.653. The zero-order valence-corrected chi connectivity index (χ0v) is 16.5. The molecule has 1 aromatic carbocycles. The van der Waals surface area contributed by atoms with Crippen LogP contribution in [-0.2, 0) is 6.54 Å². The van der Waals surface area contributed by atoms with Crippen molar-refractivity contribution < 1.29 is 5.11 Å². The first kappa shape index (κ1) is 18.9. The maximum absolute atomic E-state index is 9.73. The van der Waals surface area contributed by atoms with Crippen molar-refractivity contribution in [2.45, 2.75) is 39.3 Å². The number of rotatable bonds is 8. The topological polar surface area (TPSA) is 35.5 Å². The van der Waals surface area contributed by atoms with Gasteiger partial charge in [-0.05, 0) is 69.6 Å². The molecule has 1 aromatic rings. The van der Waals surface area contributed by atoms with Crippen molar-refractivity contribution in [3.8, 4) is 5.75 Å². The zero-order chi connectivity index (χ0) is 16.0. The molecule has 0 fully saturated rings. The molecular formula is C16H26Br2N2O. The number of phenolic OH excluding ortho intramolecular Hbond substituents is 1. The van der Waals surface area contributed by atoms with Crippen LogP contribution in [0.25, 0.3) is 0 Å². The molecule has 0 aliphatic heterocycles. The minimum absolute atomic E-state index is 0.252. The maximum atomic E-state index is 9.73. The summed E-state index contributed by atoms with van der Waals surface area (Å²) in [6, 6.07) is 4.45. The van der Waals surface area contributed by atoms with Gasteiger partial charge in [-0.1, -0.05) is 26.7 Å². The van der Waals surface area contributed by atoms with Crippen molar-refractivity contribution in [1.82, 2.24) is 10.2 Å². The number of phenols is 1. The molecule has 1 rings (SSSR count). The van der Waals surface area contributed by atoms with Gasteiger partial charge in [0.2, 0.25) is 0 Å². The van der Waals surface area contributed by atoms with Gasteiger partial charge in [0, 0.05) is 19.1 Å². The molecule has 0 amide bonds. The van der Waals surface area contributed by atoms with E-state index in [0.29, 0.717) is 12.0 Å². The molecule has 0 saturated carbocycles. The van der Waals surface area contributed by atoms with Crippen LogP contribution < -0.4 is 5.32 Å². The van der Waals surface area contributed by atoms with Crippen LogP contribution in [0.15, 0.2) is 21.1 Å². The number of halogens is 2. The molecule has 5 heteroatoms. The lowest BCUT2D eigenvalue weighted by Gasteiger charge is -2.31. The molecule has 0 bridgehead atoms. The Morgan fingerprint density at radius 2 is 1.67 bits per heavy atom. The fourth-order valence-corrected chi connectivity index (χ4v) is 3.97. The molecule has 1 unspecified atom stereocenters. The van der Waals surface area contributed by atoms with Gasteiger partial charge in [-0.15, -0.1) is 0 Å². The number of nitrogens with zero attached hydrogens (tertiary/aromatic N) is 1. The number of benzene rings is 1. The Kier molecular flexibility index (Phi) is 8.24. The van der Waals surface area contributed by atoms with Crippen LogP contribution in [0.1, 0.15) is 32.3 Å². The average molecular weight is 422 g/mol.